The predicted octanol–water partition coefficient (Wildman–Crippen LogP) is 2.43. The van der Waals surface area contributed by atoms with Crippen molar-refractivity contribution < 1.29 is 9.53 Å². The number of rotatable bonds is 2. The molecule has 0 aromatic carbocycles. The number of Topliss-reactive ketones (excluding diaryl/α,β-unsaturated/α-hetero) is 1. The third kappa shape index (κ3) is 2.50. The lowest BCUT2D eigenvalue weighted by molar-refractivity contribution is -0.00898. The van der Waals surface area contributed by atoms with Crippen molar-refractivity contribution in [2.75, 3.05) is 18.1 Å². The normalized spacial score (nSPS) is 26.9. The van der Waals surface area contributed by atoms with Gasteiger partial charge in [-0.2, -0.15) is 0 Å². The quantitative estimate of drug-likeness (QED) is 0.766. The van der Waals surface area contributed by atoms with Gasteiger partial charge in [0.25, 0.3) is 0 Å². The van der Waals surface area contributed by atoms with Gasteiger partial charge in [-0.15, -0.1) is 0 Å². The van der Waals surface area contributed by atoms with E-state index in [0.29, 0.717) is 17.7 Å². The van der Waals surface area contributed by atoms with E-state index in [4.69, 9.17) is 4.74 Å². The Morgan fingerprint density at radius 3 is 2.95 bits per heavy atom. The Morgan fingerprint density at radius 1 is 1.37 bits per heavy atom. The van der Waals surface area contributed by atoms with Gasteiger partial charge >= 0.3 is 0 Å². The number of ether oxygens (including phenoxy) is 1. The highest BCUT2D eigenvalue weighted by atomic mass is 16.5. The Hall–Kier alpha value is -1.42. The van der Waals surface area contributed by atoms with Crippen molar-refractivity contribution in [2.45, 2.75) is 44.8 Å². The van der Waals surface area contributed by atoms with Crippen molar-refractivity contribution in [3.8, 4) is 0 Å². The molecule has 2 unspecified atom stereocenters. The molecule has 2 aliphatic rings. The van der Waals surface area contributed by atoms with Crippen LogP contribution in [0.4, 0.5) is 5.82 Å². The van der Waals surface area contributed by atoms with Crippen molar-refractivity contribution in [3.63, 3.8) is 0 Å². The maximum Gasteiger partial charge on any atom is 0.161 e. The first-order chi connectivity index (χ1) is 9.25. The molecule has 102 valence electrons. The van der Waals surface area contributed by atoms with Crippen LogP contribution in [0.1, 0.15) is 43.0 Å². The molecule has 2 heterocycles. The number of morpholine rings is 1. The smallest absolute Gasteiger partial charge is 0.161 e. The van der Waals surface area contributed by atoms with Crippen LogP contribution in [0, 0.1) is 0 Å². The van der Waals surface area contributed by atoms with Crippen LogP contribution in [-0.2, 0) is 4.74 Å². The van der Waals surface area contributed by atoms with E-state index in [2.05, 4.69) is 9.88 Å². The maximum absolute atomic E-state index is 11.3. The fourth-order valence-electron chi connectivity index (χ4n) is 3.15. The molecule has 3 rings (SSSR count). The summed E-state index contributed by atoms with van der Waals surface area (Å²) >= 11 is 0. The minimum atomic E-state index is 0.0663. The Morgan fingerprint density at radius 2 is 2.21 bits per heavy atom. The Balaban J connectivity index is 1.81. The van der Waals surface area contributed by atoms with E-state index in [9.17, 15) is 4.79 Å². The molecule has 4 heteroatoms. The highest BCUT2D eigenvalue weighted by Gasteiger charge is 2.34. The first-order valence-corrected chi connectivity index (χ1v) is 7.11. The van der Waals surface area contributed by atoms with Crippen LogP contribution < -0.4 is 4.90 Å². The summed E-state index contributed by atoms with van der Waals surface area (Å²) < 4.78 is 5.87. The van der Waals surface area contributed by atoms with Gasteiger partial charge < -0.3 is 9.64 Å². The van der Waals surface area contributed by atoms with Gasteiger partial charge in [-0.05, 0) is 31.9 Å². The van der Waals surface area contributed by atoms with Gasteiger partial charge in [0.15, 0.2) is 5.78 Å². The van der Waals surface area contributed by atoms with Crippen molar-refractivity contribution in [2.24, 2.45) is 0 Å². The zero-order valence-corrected chi connectivity index (χ0v) is 11.3. The maximum atomic E-state index is 11.3. The molecule has 0 amide bonds. The number of hydrogen-bond acceptors (Lipinski definition) is 4. The van der Waals surface area contributed by atoms with Crippen LogP contribution in [0.15, 0.2) is 18.3 Å². The Labute approximate surface area is 113 Å². The molecule has 0 spiro atoms. The first-order valence-electron chi connectivity index (χ1n) is 7.11. The van der Waals surface area contributed by atoms with Crippen LogP contribution in [0.25, 0.3) is 0 Å². The summed E-state index contributed by atoms with van der Waals surface area (Å²) in [7, 11) is 0. The van der Waals surface area contributed by atoms with Gasteiger partial charge in [0.05, 0.1) is 18.8 Å². The third-order valence-corrected chi connectivity index (χ3v) is 4.18. The van der Waals surface area contributed by atoms with Crippen LogP contribution in [0.2, 0.25) is 0 Å². The molecule has 2 fully saturated rings. The number of fused-ring (bicyclic) bond motifs is 1. The molecule has 0 radical (unpaired) electrons. The molecule has 1 aliphatic carbocycles. The zero-order chi connectivity index (χ0) is 13.2. The van der Waals surface area contributed by atoms with Gasteiger partial charge in [-0.1, -0.05) is 12.8 Å². The van der Waals surface area contributed by atoms with E-state index in [0.717, 1.165) is 25.4 Å². The Kier molecular flexibility index (Phi) is 3.51. The standard InChI is InChI=1S/C15H20N2O2/c1-11(18)12-6-7-15(16-10-12)17-8-9-19-14-5-3-2-4-13(14)17/h6-7,10,13-14H,2-5,8-9H2,1H3. The molecule has 1 saturated carbocycles. The van der Waals surface area contributed by atoms with Gasteiger partial charge in [-0.25, -0.2) is 4.98 Å². The van der Waals surface area contributed by atoms with Crippen molar-refractivity contribution in [3.05, 3.63) is 23.9 Å². The second-order valence-electron chi connectivity index (χ2n) is 5.42. The summed E-state index contributed by atoms with van der Waals surface area (Å²) in [4.78, 5) is 18.1. The van der Waals surface area contributed by atoms with Gasteiger partial charge in [0, 0.05) is 18.3 Å². The molecule has 19 heavy (non-hydrogen) atoms. The molecule has 2 atom stereocenters. The molecular formula is C15H20N2O2. The molecule has 1 aliphatic heterocycles. The van der Waals surface area contributed by atoms with Crippen molar-refractivity contribution in [1.29, 1.82) is 0 Å². The number of hydrogen-bond donors (Lipinski definition) is 0. The molecule has 0 N–H and O–H groups in total. The summed E-state index contributed by atoms with van der Waals surface area (Å²) in [5.41, 5.74) is 0.678. The minimum absolute atomic E-state index is 0.0663. The van der Waals surface area contributed by atoms with E-state index >= 15 is 0 Å². The molecule has 0 bridgehead atoms. The summed E-state index contributed by atoms with van der Waals surface area (Å²) in [5.74, 6) is 1.04. The van der Waals surface area contributed by atoms with Crippen molar-refractivity contribution >= 4 is 11.6 Å². The lowest BCUT2D eigenvalue weighted by Crippen LogP contribution is -2.53. The first kappa shape index (κ1) is 12.6. The summed E-state index contributed by atoms with van der Waals surface area (Å²) in [6.07, 6.45) is 6.92. The molecule has 1 aromatic heterocycles. The summed E-state index contributed by atoms with van der Waals surface area (Å²) in [5, 5.41) is 0. The van der Waals surface area contributed by atoms with E-state index in [1.165, 1.54) is 19.3 Å². The molecule has 1 aromatic rings. The number of ketones is 1. The lowest BCUT2D eigenvalue weighted by Gasteiger charge is -2.44. The highest BCUT2D eigenvalue weighted by molar-refractivity contribution is 5.93. The fourth-order valence-corrected chi connectivity index (χ4v) is 3.15. The molecular weight excluding hydrogens is 240 g/mol. The van der Waals surface area contributed by atoms with E-state index in [1.54, 1.807) is 13.1 Å². The molecule has 1 saturated heterocycles. The highest BCUT2D eigenvalue weighted by Crippen LogP contribution is 2.31. The number of carbonyl (C=O) groups excluding carboxylic acids is 1. The average molecular weight is 260 g/mol. The van der Waals surface area contributed by atoms with E-state index in [1.807, 2.05) is 12.1 Å². The Bertz CT molecular complexity index is 456. The second kappa shape index (κ2) is 5.29. The van der Waals surface area contributed by atoms with E-state index in [-0.39, 0.29) is 5.78 Å². The van der Waals surface area contributed by atoms with Crippen molar-refractivity contribution in [1.82, 2.24) is 4.98 Å². The second-order valence-corrected chi connectivity index (χ2v) is 5.42. The summed E-state index contributed by atoms with van der Waals surface area (Å²) in [6, 6.07) is 4.30. The minimum Gasteiger partial charge on any atom is -0.374 e. The lowest BCUT2D eigenvalue weighted by atomic mass is 9.90. The van der Waals surface area contributed by atoms with Crippen LogP contribution in [0.3, 0.4) is 0 Å². The predicted molar refractivity (Wildman–Crippen MR) is 73.6 cm³/mol. The summed E-state index contributed by atoms with van der Waals surface area (Å²) in [6.45, 7) is 3.24. The van der Waals surface area contributed by atoms with Gasteiger partial charge in [0.2, 0.25) is 0 Å². The number of anilines is 1. The van der Waals surface area contributed by atoms with Crippen LogP contribution in [0.5, 0.6) is 0 Å². The van der Waals surface area contributed by atoms with E-state index < -0.39 is 0 Å². The average Bonchev–Trinajstić information content (AvgIpc) is 2.47. The SMILES string of the molecule is CC(=O)c1ccc(N2CCOC3CCCCC32)nc1. The number of pyridine rings is 1. The van der Waals surface area contributed by atoms with Crippen LogP contribution >= 0.6 is 0 Å². The number of carbonyl (C=O) groups is 1. The third-order valence-electron chi connectivity index (χ3n) is 4.18. The number of nitrogens with zero attached hydrogens (tertiary/aromatic N) is 2. The monoisotopic (exact) mass is 260 g/mol. The fraction of sp³-hybridized carbons (Fsp3) is 0.600. The van der Waals surface area contributed by atoms with Gasteiger partial charge in [-0.3, -0.25) is 4.79 Å². The topological polar surface area (TPSA) is 42.4 Å². The largest absolute Gasteiger partial charge is 0.374 e. The zero-order valence-electron chi connectivity index (χ0n) is 11.3. The number of aromatic nitrogens is 1. The van der Waals surface area contributed by atoms with Crippen LogP contribution in [-0.4, -0.2) is 36.1 Å². The van der Waals surface area contributed by atoms with Gasteiger partial charge in [0.1, 0.15) is 5.82 Å². The molecule has 4 nitrogen and oxygen atoms in total.